The van der Waals surface area contributed by atoms with Gasteiger partial charge in [-0.1, -0.05) is 6.07 Å². The third-order valence-corrected chi connectivity index (χ3v) is 3.23. The highest BCUT2D eigenvalue weighted by molar-refractivity contribution is 5.95. The van der Waals surface area contributed by atoms with E-state index in [-0.39, 0.29) is 5.56 Å². The van der Waals surface area contributed by atoms with Crippen LogP contribution < -0.4 is 15.6 Å². The minimum Gasteiger partial charge on any atom is -0.481 e. The van der Waals surface area contributed by atoms with E-state index in [1.807, 2.05) is 0 Å². The molecule has 0 heterocycles. The van der Waals surface area contributed by atoms with Gasteiger partial charge in [0.05, 0.1) is 0 Å². The maximum Gasteiger partial charge on any atom is 0.279 e. The Morgan fingerprint density at radius 2 is 1.71 bits per heavy atom. The Hall–Kier alpha value is -2.96. The number of rotatable bonds is 4. The van der Waals surface area contributed by atoms with Gasteiger partial charge in [-0.15, -0.1) is 0 Å². The van der Waals surface area contributed by atoms with Crippen molar-refractivity contribution in [1.29, 1.82) is 0 Å². The van der Waals surface area contributed by atoms with Gasteiger partial charge < -0.3 is 4.74 Å². The number of hydrogen-bond donors (Lipinski definition) is 2. The van der Waals surface area contributed by atoms with E-state index < -0.39 is 29.6 Å². The molecule has 24 heavy (non-hydrogen) atoms. The van der Waals surface area contributed by atoms with Crippen molar-refractivity contribution in [3.63, 3.8) is 0 Å². The fraction of sp³-hybridized carbons (Fsp3) is 0.176. The molecule has 0 fully saturated rings. The minimum absolute atomic E-state index is 0.0745. The number of halogens is 2. The van der Waals surface area contributed by atoms with Crippen LogP contribution in [0.1, 0.15) is 22.8 Å². The lowest BCUT2D eigenvalue weighted by molar-refractivity contribution is -0.128. The van der Waals surface area contributed by atoms with Gasteiger partial charge in [-0.05, 0) is 55.8 Å². The second-order valence-electron chi connectivity index (χ2n) is 5.12. The molecule has 0 bridgehead atoms. The van der Waals surface area contributed by atoms with E-state index in [4.69, 9.17) is 4.74 Å². The Morgan fingerprint density at radius 3 is 2.33 bits per heavy atom. The monoisotopic (exact) mass is 334 g/mol. The van der Waals surface area contributed by atoms with Crippen LogP contribution in [0.2, 0.25) is 0 Å². The summed E-state index contributed by atoms with van der Waals surface area (Å²) >= 11 is 0. The maximum atomic E-state index is 13.4. The highest BCUT2D eigenvalue weighted by Gasteiger charge is 2.16. The van der Waals surface area contributed by atoms with Crippen molar-refractivity contribution in [2.24, 2.45) is 0 Å². The lowest BCUT2D eigenvalue weighted by atomic mass is 10.1. The summed E-state index contributed by atoms with van der Waals surface area (Å²) < 4.78 is 31.5. The van der Waals surface area contributed by atoms with Crippen LogP contribution in [0.15, 0.2) is 42.5 Å². The molecule has 7 heteroatoms. The second kappa shape index (κ2) is 7.54. The molecule has 0 aromatic heterocycles. The third-order valence-electron chi connectivity index (χ3n) is 3.23. The van der Waals surface area contributed by atoms with E-state index in [2.05, 4.69) is 10.9 Å². The Bertz CT molecular complexity index is 748. The highest BCUT2D eigenvalue weighted by atomic mass is 19.1. The zero-order valence-corrected chi connectivity index (χ0v) is 13.1. The van der Waals surface area contributed by atoms with E-state index in [1.54, 1.807) is 6.92 Å². The van der Waals surface area contributed by atoms with Gasteiger partial charge in [0.15, 0.2) is 6.10 Å². The third kappa shape index (κ3) is 4.52. The molecule has 126 valence electrons. The van der Waals surface area contributed by atoms with Crippen LogP contribution in [0.3, 0.4) is 0 Å². The molecule has 0 radical (unpaired) electrons. The quantitative estimate of drug-likeness (QED) is 0.844. The second-order valence-corrected chi connectivity index (χ2v) is 5.12. The van der Waals surface area contributed by atoms with Gasteiger partial charge in [-0.25, -0.2) is 8.78 Å². The Balaban J connectivity index is 1.88. The van der Waals surface area contributed by atoms with Crippen molar-refractivity contribution < 1.29 is 23.1 Å². The Morgan fingerprint density at radius 1 is 1.04 bits per heavy atom. The number of nitrogens with one attached hydrogen (secondary N) is 2. The van der Waals surface area contributed by atoms with E-state index >= 15 is 0 Å². The summed E-state index contributed by atoms with van der Waals surface area (Å²) in [6, 6.07) is 9.15. The number of hydrogen-bond acceptors (Lipinski definition) is 3. The summed E-state index contributed by atoms with van der Waals surface area (Å²) in [6.07, 6.45) is -0.925. The molecule has 2 aromatic rings. The maximum absolute atomic E-state index is 13.4. The van der Waals surface area contributed by atoms with Crippen molar-refractivity contribution in [3.8, 4) is 5.75 Å². The number of hydrazine groups is 1. The van der Waals surface area contributed by atoms with Crippen molar-refractivity contribution >= 4 is 11.8 Å². The number of aryl methyl sites for hydroxylation is 1. The van der Waals surface area contributed by atoms with Crippen LogP contribution in [0.5, 0.6) is 5.75 Å². The van der Waals surface area contributed by atoms with Gasteiger partial charge in [0.2, 0.25) is 0 Å². The number of amides is 2. The van der Waals surface area contributed by atoms with Crippen LogP contribution in [0.25, 0.3) is 0 Å². The largest absolute Gasteiger partial charge is 0.481 e. The molecule has 2 N–H and O–H groups in total. The molecule has 0 unspecified atom stereocenters. The minimum atomic E-state index is -0.925. The predicted octanol–water partition coefficient (Wildman–Crippen LogP) is 2.50. The molecule has 1 atom stereocenters. The standard InChI is InChI=1S/C17H16F2N2O3/c1-10-3-4-12(9-15(10)19)17(23)21-20-16(22)11(2)24-14-7-5-13(18)6-8-14/h3-9,11H,1-2H3,(H,20,22)(H,21,23)/t11-/m1/s1. The van der Waals surface area contributed by atoms with Crippen LogP contribution in [-0.2, 0) is 4.79 Å². The first-order chi connectivity index (χ1) is 11.4. The van der Waals surface area contributed by atoms with Crippen LogP contribution >= 0.6 is 0 Å². The van der Waals surface area contributed by atoms with Crippen molar-refractivity contribution in [3.05, 3.63) is 65.2 Å². The topological polar surface area (TPSA) is 67.4 Å². The molecule has 0 spiro atoms. The van der Waals surface area contributed by atoms with Gasteiger partial charge in [-0.3, -0.25) is 20.4 Å². The lowest BCUT2D eigenvalue weighted by Crippen LogP contribution is -2.47. The van der Waals surface area contributed by atoms with Crippen molar-refractivity contribution in [2.75, 3.05) is 0 Å². The number of carbonyl (C=O) groups excluding carboxylic acids is 2. The van der Waals surface area contributed by atoms with Crippen LogP contribution in [0.4, 0.5) is 8.78 Å². The number of benzene rings is 2. The summed E-state index contributed by atoms with van der Waals surface area (Å²) in [7, 11) is 0. The average Bonchev–Trinajstić information content (AvgIpc) is 2.56. The molecule has 0 saturated heterocycles. The van der Waals surface area contributed by atoms with Gasteiger partial charge in [0.1, 0.15) is 17.4 Å². The SMILES string of the molecule is Cc1ccc(C(=O)NNC(=O)[C@@H](C)Oc2ccc(F)cc2)cc1F. The summed E-state index contributed by atoms with van der Waals surface area (Å²) in [5.41, 5.74) is 4.85. The molecule has 5 nitrogen and oxygen atoms in total. The summed E-state index contributed by atoms with van der Waals surface area (Å²) in [4.78, 5) is 23.7. The first-order valence-electron chi connectivity index (χ1n) is 7.15. The van der Waals surface area contributed by atoms with E-state index in [9.17, 15) is 18.4 Å². The zero-order chi connectivity index (χ0) is 17.7. The fourth-order valence-electron chi connectivity index (χ4n) is 1.80. The molecule has 0 saturated carbocycles. The first kappa shape index (κ1) is 17.4. The average molecular weight is 334 g/mol. The zero-order valence-electron chi connectivity index (χ0n) is 13.1. The van der Waals surface area contributed by atoms with Gasteiger partial charge in [-0.2, -0.15) is 0 Å². The van der Waals surface area contributed by atoms with Crippen LogP contribution in [0, 0.1) is 18.6 Å². The van der Waals surface area contributed by atoms with E-state index in [0.29, 0.717) is 11.3 Å². The summed E-state index contributed by atoms with van der Waals surface area (Å²) in [6.45, 7) is 3.05. The van der Waals surface area contributed by atoms with E-state index in [0.717, 1.165) is 6.07 Å². The molecule has 0 aliphatic rings. The summed E-state index contributed by atoms with van der Waals surface area (Å²) in [5, 5.41) is 0. The number of ether oxygens (including phenoxy) is 1. The first-order valence-corrected chi connectivity index (χ1v) is 7.15. The van der Waals surface area contributed by atoms with Crippen LogP contribution in [-0.4, -0.2) is 17.9 Å². The predicted molar refractivity (Wildman–Crippen MR) is 83.2 cm³/mol. The molecule has 0 aliphatic carbocycles. The van der Waals surface area contributed by atoms with E-state index in [1.165, 1.54) is 43.3 Å². The number of carbonyl (C=O) groups is 2. The molecule has 2 rings (SSSR count). The van der Waals surface area contributed by atoms with Crippen molar-refractivity contribution in [2.45, 2.75) is 20.0 Å². The van der Waals surface area contributed by atoms with Gasteiger partial charge in [0, 0.05) is 5.56 Å². The Labute approximate surface area is 137 Å². The lowest BCUT2D eigenvalue weighted by Gasteiger charge is -2.15. The fourth-order valence-corrected chi connectivity index (χ4v) is 1.80. The molecule has 2 amide bonds. The van der Waals surface area contributed by atoms with Crippen molar-refractivity contribution in [1.82, 2.24) is 10.9 Å². The van der Waals surface area contributed by atoms with Gasteiger partial charge >= 0.3 is 0 Å². The molecular weight excluding hydrogens is 318 g/mol. The van der Waals surface area contributed by atoms with Gasteiger partial charge in [0.25, 0.3) is 11.8 Å². The highest BCUT2D eigenvalue weighted by Crippen LogP contribution is 2.13. The normalized spacial score (nSPS) is 11.5. The summed E-state index contributed by atoms with van der Waals surface area (Å²) in [5.74, 6) is -1.89. The Kier molecular flexibility index (Phi) is 5.47. The smallest absolute Gasteiger partial charge is 0.279 e. The molecular formula is C17H16F2N2O3. The molecule has 2 aromatic carbocycles. The molecule has 0 aliphatic heterocycles.